The maximum atomic E-state index is 4.77. The Balaban J connectivity index is 1.68. The van der Waals surface area contributed by atoms with Crippen molar-refractivity contribution in [1.29, 1.82) is 0 Å². The number of piperazine rings is 1. The molecule has 6 nitrogen and oxygen atoms in total. The van der Waals surface area contributed by atoms with Gasteiger partial charge in [0, 0.05) is 39.3 Å². The quantitative estimate of drug-likeness (QED) is 0.835. The summed E-state index contributed by atoms with van der Waals surface area (Å²) in [5.41, 5.74) is 0. The molecular weight excluding hydrogens is 264 g/mol. The molecule has 2 saturated heterocycles. The Morgan fingerprint density at radius 2 is 1.95 bits per heavy atom. The number of nitrogens with zero attached hydrogens (tertiary/aromatic N) is 6. The monoisotopic (exact) mass is 290 g/mol. The molecule has 0 saturated carbocycles. The molecule has 1 aromatic heterocycles. The summed E-state index contributed by atoms with van der Waals surface area (Å²) in [5.74, 6) is 2.52. The molecule has 2 fully saturated rings. The van der Waals surface area contributed by atoms with E-state index in [2.05, 4.69) is 38.7 Å². The number of hydrogen-bond acceptors (Lipinski definition) is 6. The van der Waals surface area contributed by atoms with Gasteiger partial charge in [-0.15, -0.1) is 5.10 Å². The zero-order valence-corrected chi connectivity index (χ0v) is 13.2. The highest BCUT2D eigenvalue weighted by Crippen LogP contribution is 2.22. The summed E-state index contributed by atoms with van der Waals surface area (Å²) in [6, 6.07) is 0. The molecule has 2 aliphatic heterocycles. The lowest BCUT2D eigenvalue weighted by Gasteiger charge is -2.35. The maximum Gasteiger partial charge on any atom is 0.247 e. The second-order valence-corrected chi connectivity index (χ2v) is 6.23. The van der Waals surface area contributed by atoms with Crippen molar-refractivity contribution in [2.45, 2.75) is 26.7 Å². The molecule has 0 spiro atoms. The van der Waals surface area contributed by atoms with Gasteiger partial charge in [-0.2, -0.15) is 10.1 Å². The van der Waals surface area contributed by atoms with Crippen LogP contribution in [0.15, 0.2) is 6.20 Å². The van der Waals surface area contributed by atoms with E-state index in [1.807, 2.05) is 6.20 Å². The summed E-state index contributed by atoms with van der Waals surface area (Å²) < 4.78 is 0. The van der Waals surface area contributed by atoms with Crippen LogP contribution in [0.25, 0.3) is 0 Å². The molecule has 3 rings (SSSR count). The molecule has 0 bridgehead atoms. The molecule has 0 radical (unpaired) electrons. The molecule has 1 unspecified atom stereocenters. The van der Waals surface area contributed by atoms with Crippen LogP contribution < -0.4 is 9.80 Å². The van der Waals surface area contributed by atoms with E-state index in [1.165, 1.54) is 12.8 Å². The highest BCUT2D eigenvalue weighted by Gasteiger charge is 2.21. The van der Waals surface area contributed by atoms with Crippen LogP contribution in [0.2, 0.25) is 0 Å². The van der Waals surface area contributed by atoms with Crippen molar-refractivity contribution in [2.24, 2.45) is 5.92 Å². The van der Waals surface area contributed by atoms with Gasteiger partial charge in [0.1, 0.15) is 0 Å². The van der Waals surface area contributed by atoms with Gasteiger partial charge in [-0.05, 0) is 25.3 Å². The fourth-order valence-electron chi connectivity index (χ4n) is 3.23. The molecule has 3 heterocycles. The van der Waals surface area contributed by atoms with Crippen LogP contribution in [0.5, 0.6) is 0 Å². The molecule has 0 amide bonds. The fraction of sp³-hybridized carbons (Fsp3) is 0.800. The van der Waals surface area contributed by atoms with Crippen LogP contribution in [-0.2, 0) is 0 Å². The summed E-state index contributed by atoms with van der Waals surface area (Å²) >= 11 is 0. The van der Waals surface area contributed by atoms with Crippen LogP contribution in [0.1, 0.15) is 26.7 Å². The van der Waals surface area contributed by atoms with Crippen LogP contribution in [0.4, 0.5) is 11.8 Å². The second kappa shape index (κ2) is 6.56. The SMILES string of the molecule is CCN1CCN(c2nncc(N3CCCC(C)C3)n2)CC1. The third kappa shape index (κ3) is 3.43. The molecule has 116 valence electrons. The smallest absolute Gasteiger partial charge is 0.247 e. The van der Waals surface area contributed by atoms with Crippen LogP contribution in [-0.4, -0.2) is 65.9 Å². The van der Waals surface area contributed by atoms with Gasteiger partial charge in [-0.1, -0.05) is 13.8 Å². The Morgan fingerprint density at radius 1 is 1.14 bits per heavy atom. The van der Waals surface area contributed by atoms with Crippen molar-refractivity contribution in [3.05, 3.63) is 6.20 Å². The third-order valence-corrected chi connectivity index (χ3v) is 4.62. The lowest BCUT2D eigenvalue weighted by atomic mass is 10.0. The summed E-state index contributed by atoms with van der Waals surface area (Å²) in [6.45, 7) is 12.0. The number of hydrogen-bond donors (Lipinski definition) is 0. The zero-order chi connectivity index (χ0) is 14.7. The largest absolute Gasteiger partial charge is 0.355 e. The van der Waals surface area contributed by atoms with Gasteiger partial charge < -0.3 is 14.7 Å². The summed E-state index contributed by atoms with van der Waals surface area (Å²) in [6.07, 6.45) is 4.38. The van der Waals surface area contributed by atoms with Crippen molar-refractivity contribution in [1.82, 2.24) is 20.1 Å². The highest BCUT2D eigenvalue weighted by atomic mass is 15.4. The van der Waals surface area contributed by atoms with E-state index in [-0.39, 0.29) is 0 Å². The van der Waals surface area contributed by atoms with Gasteiger partial charge in [0.15, 0.2) is 5.82 Å². The number of likely N-dealkylation sites (N-methyl/N-ethyl adjacent to an activating group) is 1. The maximum absolute atomic E-state index is 4.77. The fourth-order valence-corrected chi connectivity index (χ4v) is 3.23. The van der Waals surface area contributed by atoms with Gasteiger partial charge in [-0.3, -0.25) is 0 Å². The topological polar surface area (TPSA) is 48.4 Å². The Hall–Kier alpha value is -1.43. The first-order chi connectivity index (χ1) is 10.3. The average Bonchev–Trinajstić information content (AvgIpc) is 2.55. The van der Waals surface area contributed by atoms with Crippen LogP contribution >= 0.6 is 0 Å². The van der Waals surface area contributed by atoms with E-state index in [9.17, 15) is 0 Å². The molecule has 0 N–H and O–H groups in total. The van der Waals surface area contributed by atoms with E-state index in [0.29, 0.717) is 0 Å². The van der Waals surface area contributed by atoms with Gasteiger partial charge in [0.2, 0.25) is 5.95 Å². The Labute approximate surface area is 127 Å². The van der Waals surface area contributed by atoms with Crippen molar-refractivity contribution in [2.75, 3.05) is 55.6 Å². The number of piperidine rings is 1. The van der Waals surface area contributed by atoms with E-state index in [0.717, 1.165) is 63.5 Å². The van der Waals surface area contributed by atoms with E-state index in [4.69, 9.17) is 4.98 Å². The first-order valence-corrected chi connectivity index (χ1v) is 8.18. The molecule has 1 aromatic rings. The lowest BCUT2D eigenvalue weighted by Crippen LogP contribution is -2.47. The minimum atomic E-state index is 0.741. The van der Waals surface area contributed by atoms with Crippen molar-refractivity contribution >= 4 is 11.8 Å². The summed E-state index contributed by atoms with van der Waals surface area (Å²) in [4.78, 5) is 11.8. The standard InChI is InChI=1S/C15H26N6/c1-3-19-7-9-20(10-8-19)15-17-14(11-16-18-15)21-6-4-5-13(2)12-21/h11,13H,3-10,12H2,1-2H3. The van der Waals surface area contributed by atoms with E-state index in [1.54, 1.807) is 0 Å². The molecular formula is C15H26N6. The number of aromatic nitrogens is 3. The minimum Gasteiger partial charge on any atom is -0.355 e. The Morgan fingerprint density at radius 3 is 2.67 bits per heavy atom. The molecule has 1 atom stereocenters. The highest BCUT2D eigenvalue weighted by molar-refractivity contribution is 5.42. The third-order valence-electron chi connectivity index (χ3n) is 4.62. The summed E-state index contributed by atoms with van der Waals surface area (Å²) in [5, 5.41) is 8.44. The normalized spacial score (nSPS) is 24.4. The predicted molar refractivity (Wildman–Crippen MR) is 84.8 cm³/mol. The average molecular weight is 290 g/mol. The number of rotatable bonds is 3. The molecule has 2 aliphatic rings. The van der Waals surface area contributed by atoms with Gasteiger partial charge in [-0.25, -0.2) is 0 Å². The van der Waals surface area contributed by atoms with Gasteiger partial charge in [0.25, 0.3) is 0 Å². The van der Waals surface area contributed by atoms with Crippen LogP contribution in [0.3, 0.4) is 0 Å². The van der Waals surface area contributed by atoms with Crippen molar-refractivity contribution < 1.29 is 0 Å². The minimum absolute atomic E-state index is 0.741. The second-order valence-electron chi connectivity index (χ2n) is 6.23. The molecule has 0 aromatic carbocycles. The Kier molecular flexibility index (Phi) is 4.53. The summed E-state index contributed by atoms with van der Waals surface area (Å²) in [7, 11) is 0. The number of anilines is 2. The van der Waals surface area contributed by atoms with Crippen molar-refractivity contribution in [3.8, 4) is 0 Å². The van der Waals surface area contributed by atoms with Crippen LogP contribution in [0, 0.1) is 5.92 Å². The van der Waals surface area contributed by atoms with Gasteiger partial charge in [0.05, 0.1) is 6.20 Å². The predicted octanol–water partition coefficient (Wildman–Crippen LogP) is 1.25. The lowest BCUT2D eigenvalue weighted by molar-refractivity contribution is 0.269. The zero-order valence-electron chi connectivity index (χ0n) is 13.2. The van der Waals surface area contributed by atoms with Crippen molar-refractivity contribution in [3.63, 3.8) is 0 Å². The van der Waals surface area contributed by atoms with E-state index >= 15 is 0 Å². The molecule has 0 aliphatic carbocycles. The molecule has 6 heteroatoms. The van der Waals surface area contributed by atoms with E-state index < -0.39 is 0 Å². The first-order valence-electron chi connectivity index (χ1n) is 8.18. The first kappa shape index (κ1) is 14.5. The Bertz CT molecular complexity index is 457. The van der Waals surface area contributed by atoms with Gasteiger partial charge >= 0.3 is 0 Å². The molecule has 21 heavy (non-hydrogen) atoms.